The fourth-order valence-electron chi connectivity index (χ4n) is 3.45. The van der Waals surface area contributed by atoms with Crippen LogP contribution >= 0.6 is 0 Å². The number of hydrogen-bond donors (Lipinski definition) is 4. The molecule has 0 aromatic carbocycles. The summed E-state index contributed by atoms with van der Waals surface area (Å²) in [5.74, 6) is 0. The van der Waals surface area contributed by atoms with Gasteiger partial charge in [0.15, 0.2) is 0 Å². The summed E-state index contributed by atoms with van der Waals surface area (Å²) in [6.45, 7) is 5.55. The monoisotopic (exact) mass is 374 g/mol. The molecule has 4 N–H and O–H groups in total. The minimum Gasteiger partial charge on any atom is -0.395 e. The second-order valence-corrected chi connectivity index (χ2v) is 7.39. The van der Waals surface area contributed by atoms with E-state index in [1.165, 1.54) is 64.2 Å². The van der Waals surface area contributed by atoms with Crippen LogP contribution in [0.25, 0.3) is 0 Å². The van der Waals surface area contributed by atoms with Gasteiger partial charge in [0.2, 0.25) is 0 Å². The summed E-state index contributed by atoms with van der Waals surface area (Å²) >= 11 is 0. The summed E-state index contributed by atoms with van der Waals surface area (Å²) in [5, 5.41) is 31.2. The summed E-state index contributed by atoms with van der Waals surface area (Å²) in [7, 11) is 0. The molecule has 0 saturated heterocycles. The summed E-state index contributed by atoms with van der Waals surface area (Å²) in [5.41, 5.74) is 0. The fraction of sp³-hybridized carbons (Fsp3) is 1.00. The highest BCUT2D eigenvalue weighted by atomic mass is 16.3. The molecule has 0 radical (unpaired) electrons. The van der Waals surface area contributed by atoms with E-state index in [1.54, 1.807) is 0 Å². The highest BCUT2D eigenvalue weighted by molar-refractivity contribution is 4.71. The Balaban J connectivity index is 3.43. The van der Waals surface area contributed by atoms with Crippen molar-refractivity contribution in [3.05, 3.63) is 0 Å². The minimum atomic E-state index is 0.0356. The molecule has 0 rings (SSSR count). The fourth-order valence-corrected chi connectivity index (χ4v) is 3.45. The van der Waals surface area contributed by atoms with Crippen molar-refractivity contribution in [3.8, 4) is 0 Å². The van der Waals surface area contributed by atoms with Crippen molar-refractivity contribution in [1.82, 2.24) is 10.2 Å². The van der Waals surface area contributed by atoms with Gasteiger partial charge in [0.25, 0.3) is 0 Å². The molecule has 5 heteroatoms. The number of nitrogens with one attached hydrogen (secondary N) is 1. The van der Waals surface area contributed by atoms with Crippen LogP contribution in [0.15, 0.2) is 0 Å². The Morgan fingerprint density at radius 3 is 1.69 bits per heavy atom. The molecule has 0 aliphatic heterocycles. The Kier molecular flexibility index (Phi) is 20.9. The molecule has 5 nitrogen and oxygen atoms in total. The van der Waals surface area contributed by atoms with Crippen LogP contribution in [0.2, 0.25) is 0 Å². The molecule has 0 aliphatic rings. The summed E-state index contributed by atoms with van der Waals surface area (Å²) < 4.78 is 0. The maximum Gasteiger partial charge on any atom is 0.0586 e. The summed E-state index contributed by atoms with van der Waals surface area (Å²) in [6, 6.07) is 0.0356. The molecule has 0 spiro atoms. The lowest BCUT2D eigenvalue weighted by atomic mass is 10.1. The Hall–Kier alpha value is -0.200. The molecule has 0 heterocycles. The molecule has 0 saturated carbocycles. The van der Waals surface area contributed by atoms with E-state index in [0.29, 0.717) is 13.1 Å². The Bertz CT molecular complexity index is 262. The van der Waals surface area contributed by atoms with E-state index in [-0.39, 0.29) is 25.9 Å². The van der Waals surface area contributed by atoms with E-state index >= 15 is 0 Å². The van der Waals surface area contributed by atoms with Gasteiger partial charge in [-0.3, -0.25) is 4.90 Å². The third-order valence-corrected chi connectivity index (χ3v) is 5.10. The smallest absolute Gasteiger partial charge is 0.0586 e. The normalized spacial score (nSPS) is 12.8. The van der Waals surface area contributed by atoms with Crippen LogP contribution < -0.4 is 5.32 Å². The molecule has 0 aromatic rings. The average molecular weight is 375 g/mol. The lowest BCUT2D eigenvalue weighted by molar-refractivity contribution is 0.0785. The number of unbranched alkanes of at least 4 members (excludes halogenated alkanes) is 9. The number of nitrogens with zero attached hydrogens (tertiary/aromatic N) is 1. The second kappa shape index (κ2) is 21.1. The van der Waals surface area contributed by atoms with Crippen molar-refractivity contribution in [3.63, 3.8) is 0 Å². The first-order chi connectivity index (χ1) is 12.8. The zero-order valence-corrected chi connectivity index (χ0v) is 17.3. The number of aliphatic hydroxyl groups excluding tert-OH is 3. The Morgan fingerprint density at radius 2 is 1.19 bits per heavy atom. The molecule has 0 amide bonds. The third kappa shape index (κ3) is 16.0. The summed E-state index contributed by atoms with van der Waals surface area (Å²) in [6.07, 6.45) is 15.6. The molecule has 0 aromatic heterocycles. The van der Waals surface area contributed by atoms with E-state index in [9.17, 15) is 5.11 Å². The predicted octanol–water partition coefficient (Wildman–Crippen LogP) is 2.92. The van der Waals surface area contributed by atoms with Gasteiger partial charge in [0, 0.05) is 19.1 Å². The van der Waals surface area contributed by atoms with E-state index in [1.807, 2.05) is 4.90 Å². The van der Waals surface area contributed by atoms with Gasteiger partial charge in [-0.2, -0.15) is 0 Å². The van der Waals surface area contributed by atoms with Gasteiger partial charge in [-0.25, -0.2) is 0 Å². The van der Waals surface area contributed by atoms with Crippen LogP contribution in [0.3, 0.4) is 0 Å². The number of aliphatic hydroxyl groups is 3. The van der Waals surface area contributed by atoms with Crippen LogP contribution in [-0.2, 0) is 0 Å². The van der Waals surface area contributed by atoms with E-state index in [4.69, 9.17) is 10.2 Å². The van der Waals surface area contributed by atoms with Crippen molar-refractivity contribution < 1.29 is 15.3 Å². The Labute approximate surface area is 162 Å². The van der Waals surface area contributed by atoms with Gasteiger partial charge in [0.1, 0.15) is 0 Å². The average Bonchev–Trinajstić information content (AvgIpc) is 2.65. The molecule has 158 valence electrons. The maximum absolute atomic E-state index is 9.53. The molecule has 0 bridgehead atoms. The lowest BCUT2D eigenvalue weighted by Gasteiger charge is -2.29. The molecule has 26 heavy (non-hydrogen) atoms. The minimum absolute atomic E-state index is 0.0356. The lowest BCUT2D eigenvalue weighted by Crippen LogP contribution is -2.42. The SMILES string of the molecule is CCCCCCCCCCCCNCCCC(CO)N(CCO)CCO. The standard InChI is InChI=1S/C21H46N2O3/c1-2-3-4-5-6-7-8-9-10-11-14-22-15-12-13-21(20-26)23(16-18-24)17-19-25/h21-22,24-26H,2-20H2,1H3. The van der Waals surface area contributed by atoms with Crippen molar-refractivity contribution in [2.45, 2.75) is 90.0 Å². The first kappa shape index (κ1) is 25.8. The van der Waals surface area contributed by atoms with Crippen molar-refractivity contribution in [2.24, 2.45) is 0 Å². The van der Waals surface area contributed by atoms with E-state index in [0.717, 1.165) is 25.9 Å². The van der Waals surface area contributed by atoms with Crippen molar-refractivity contribution >= 4 is 0 Å². The van der Waals surface area contributed by atoms with Gasteiger partial charge in [-0.05, 0) is 32.4 Å². The van der Waals surface area contributed by atoms with E-state index < -0.39 is 0 Å². The van der Waals surface area contributed by atoms with Crippen LogP contribution in [0, 0.1) is 0 Å². The van der Waals surface area contributed by atoms with Crippen molar-refractivity contribution in [1.29, 1.82) is 0 Å². The predicted molar refractivity (Wildman–Crippen MR) is 111 cm³/mol. The quantitative estimate of drug-likeness (QED) is 0.232. The zero-order chi connectivity index (χ0) is 19.3. The molecule has 1 unspecified atom stereocenters. The zero-order valence-electron chi connectivity index (χ0n) is 17.3. The number of rotatable bonds is 21. The summed E-state index contributed by atoms with van der Waals surface area (Å²) in [4.78, 5) is 1.97. The van der Waals surface area contributed by atoms with Crippen LogP contribution in [-0.4, -0.2) is 72.3 Å². The first-order valence-electron chi connectivity index (χ1n) is 11.1. The van der Waals surface area contributed by atoms with Crippen LogP contribution in [0.1, 0.15) is 84.0 Å². The molecule has 0 aliphatic carbocycles. The molecule has 1 atom stereocenters. The molecule has 0 fully saturated rings. The van der Waals surface area contributed by atoms with Crippen molar-refractivity contribution in [2.75, 3.05) is 46.0 Å². The van der Waals surface area contributed by atoms with Crippen LogP contribution in [0.5, 0.6) is 0 Å². The van der Waals surface area contributed by atoms with Gasteiger partial charge in [0.05, 0.1) is 19.8 Å². The molecular weight excluding hydrogens is 328 g/mol. The van der Waals surface area contributed by atoms with Gasteiger partial charge in [-0.1, -0.05) is 64.7 Å². The largest absolute Gasteiger partial charge is 0.395 e. The van der Waals surface area contributed by atoms with Gasteiger partial charge < -0.3 is 20.6 Å². The van der Waals surface area contributed by atoms with Gasteiger partial charge in [-0.15, -0.1) is 0 Å². The first-order valence-corrected chi connectivity index (χ1v) is 11.1. The number of hydrogen-bond acceptors (Lipinski definition) is 5. The van der Waals surface area contributed by atoms with E-state index in [2.05, 4.69) is 12.2 Å². The highest BCUT2D eigenvalue weighted by Crippen LogP contribution is 2.10. The van der Waals surface area contributed by atoms with Gasteiger partial charge >= 0.3 is 0 Å². The second-order valence-electron chi connectivity index (χ2n) is 7.39. The molecular formula is C21H46N2O3. The third-order valence-electron chi connectivity index (χ3n) is 5.10. The topological polar surface area (TPSA) is 76.0 Å². The maximum atomic E-state index is 9.53. The van der Waals surface area contributed by atoms with Crippen LogP contribution in [0.4, 0.5) is 0 Å². The highest BCUT2D eigenvalue weighted by Gasteiger charge is 2.16. The Morgan fingerprint density at radius 1 is 0.692 bits per heavy atom.